The molecule has 0 unspecified atom stereocenters. The summed E-state index contributed by atoms with van der Waals surface area (Å²) in [5.74, 6) is 0.992. The molecule has 1 saturated heterocycles. The molecule has 6 heteroatoms. The van der Waals surface area contributed by atoms with Crippen LogP contribution in [-0.2, 0) is 0 Å². The maximum atomic E-state index is 14.0. The monoisotopic (exact) mass is 391 g/mol. The van der Waals surface area contributed by atoms with E-state index in [4.69, 9.17) is 0 Å². The second kappa shape index (κ2) is 8.07. The number of nitrogens with one attached hydrogen (secondary N) is 1. The Morgan fingerprint density at radius 1 is 0.862 bits per heavy atom. The van der Waals surface area contributed by atoms with E-state index in [-0.39, 0.29) is 5.82 Å². The number of aromatic nitrogens is 2. The number of nitrogens with zero attached hydrogens (tertiary/aromatic N) is 4. The summed E-state index contributed by atoms with van der Waals surface area (Å²) in [5.41, 5.74) is 5.22. The Morgan fingerprint density at radius 2 is 1.59 bits per heavy atom. The lowest BCUT2D eigenvalue weighted by Crippen LogP contribution is -2.47. The van der Waals surface area contributed by atoms with Crippen LogP contribution in [0, 0.1) is 26.6 Å². The van der Waals surface area contributed by atoms with Gasteiger partial charge in [0.25, 0.3) is 0 Å². The van der Waals surface area contributed by atoms with E-state index in [0.717, 1.165) is 31.9 Å². The molecule has 5 nitrogen and oxygen atoms in total. The average Bonchev–Trinajstić information content (AvgIpc) is 2.72. The van der Waals surface area contributed by atoms with E-state index >= 15 is 0 Å². The van der Waals surface area contributed by atoms with Crippen molar-refractivity contribution in [3.05, 3.63) is 71.2 Å². The van der Waals surface area contributed by atoms with E-state index in [1.807, 2.05) is 13.0 Å². The average molecular weight is 391 g/mol. The molecular formula is C23H26FN5. The highest BCUT2D eigenvalue weighted by molar-refractivity contribution is 5.59. The SMILES string of the molecule is Cc1cc(Nc2ccccc2F)nc(N2CCN(c3cccc(C)c3C)CC2)n1. The first-order chi connectivity index (χ1) is 14.0. The number of piperazine rings is 1. The van der Waals surface area contributed by atoms with Gasteiger partial charge in [-0.05, 0) is 50.1 Å². The molecule has 2 heterocycles. The molecule has 1 N–H and O–H groups in total. The number of hydrogen-bond donors (Lipinski definition) is 1. The van der Waals surface area contributed by atoms with E-state index < -0.39 is 0 Å². The largest absolute Gasteiger partial charge is 0.368 e. The van der Waals surface area contributed by atoms with Gasteiger partial charge in [0.2, 0.25) is 5.95 Å². The zero-order valence-electron chi connectivity index (χ0n) is 17.1. The molecule has 2 aromatic carbocycles. The quantitative estimate of drug-likeness (QED) is 0.704. The number of halogens is 1. The third-order valence-corrected chi connectivity index (χ3v) is 5.46. The lowest BCUT2D eigenvalue weighted by molar-refractivity contribution is 0.631. The van der Waals surface area contributed by atoms with Crippen LogP contribution in [0.2, 0.25) is 0 Å². The van der Waals surface area contributed by atoms with Crippen LogP contribution in [-0.4, -0.2) is 36.1 Å². The number of rotatable bonds is 4. The molecule has 3 aromatic rings. The van der Waals surface area contributed by atoms with Gasteiger partial charge in [-0.3, -0.25) is 0 Å². The molecule has 4 rings (SSSR count). The predicted octanol–water partition coefficient (Wildman–Crippen LogP) is 4.61. The third kappa shape index (κ3) is 4.16. The first kappa shape index (κ1) is 19.2. The molecule has 0 bridgehead atoms. The lowest BCUT2D eigenvalue weighted by atomic mass is 10.1. The molecular weight excluding hydrogens is 365 g/mol. The molecule has 0 atom stereocenters. The summed E-state index contributed by atoms with van der Waals surface area (Å²) >= 11 is 0. The van der Waals surface area contributed by atoms with Crippen molar-refractivity contribution >= 4 is 23.1 Å². The van der Waals surface area contributed by atoms with Crippen LogP contribution < -0.4 is 15.1 Å². The first-order valence-corrected chi connectivity index (χ1v) is 9.94. The summed E-state index contributed by atoms with van der Waals surface area (Å²) in [4.78, 5) is 13.9. The fourth-order valence-corrected chi connectivity index (χ4v) is 3.68. The molecule has 29 heavy (non-hydrogen) atoms. The Hall–Kier alpha value is -3.15. The second-order valence-corrected chi connectivity index (χ2v) is 7.49. The summed E-state index contributed by atoms with van der Waals surface area (Å²) in [5, 5.41) is 3.08. The van der Waals surface area contributed by atoms with E-state index in [1.54, 1.807) is 18.2 Å². The minimum atomic E-state index is -0.299. The second-order valence-electron chi connectivity index (χ2n) is 7.49. The van der Waals surface area contributed by atoms with Crippen LogP contribution in [0.1, 0.15) is 16.8 Å². The lowest BCUT2D eigenvalue weighted by Gasteiger charge is -2.37. The van der Waals surface area contributed by atoms with Crippen LogP contribution in [0.3, 0.4) is 0 Å². The molecule has 1 aliphatic rings. The molecule has 1 aliphatic heterocycles. The van der Waals surface area contributed by atoms with Crippen molar-refractivity contribution in [2.75, 3.05) is 41.3 Å². The normalized spacial score (nSPS) is 14.2. The van der Waals surface area contributed by atoms with Crippen molar-refractivity contribution in [2.45, 2.75) is 20.8 Å². The standard InChI is InChI=1S/C23H26FN5/c1-16-7-6-10-21(18(16)3)28-11-13-29(14-12-28)23-25-17(2)15-22(27-23)26-20-9-5-4-8-19(20)24/h4-10,15H,11-14H2,1-3H3,(H,25,26,27). The highest BCUT2D eigenvalue weighted by Crippen LogP contribution is 2.26. The maximum Gasteiger partial charge on any atom is 0.227 e. The van der Waals surface area contributed by atoms with E-state index in [9.17, 15) is 4.39 Å². The predicted molar refractivity (Wildman–Crippen MR) is 117 cm³/mol. The van der Waals surface area contributed by atoms with Crippen molar-refractivity contribution in [1.29, 1.82) is 0 Å². The Labute approximate surface area is 171 Å². The number of benzene rings is 2. The topological polar surface area (TPSA) is 44.3 Å². The van der Waals surface area contributed by atoms with Crippen LogP contribution in [0.4, 0.5) is 27.5 Å². The molecule has 1 fully saturated rings. The van der Waals surface area contributed by atoms with E-state index in [1.165, 1.54) is 22.9 Å². The minimum absolute atomic E-state index is 0.299. The van der Waals surface area contributed by atoms with Crippen molar-refractivity contribution in [3.63, 3.8) is 0 Å². The smallest absolute Gasteiger partial charge is 0.227 e. The molecule has 0 radical (unpaired) electrons. The molecule has 0 saturated carbocycles. The van der Waals surface area contributed by atoms with Crippen LogP contribution in [0.25, 0.3) is 0 Å². The fraction of sp³-hybridized carbons (Fsp3) is 0.304. The van der Waals surface area contributed by atoms with Gasteiger partial charge in [0.15, 0.2) is 0 Å². The van der Waals surface area contributed by atoms with Gasteiger partial charge in [0.05, 0.1) is 5.69 Å². The van der Waals surface area contributed by atoms with Gasteiger partial charge in [0.1, 0.15) is 11.6 Å². The Bertz CT molecular complexity index is 1010. The maximum absolute atomic E-state index is 14.0. The summed E-state index contributed by atoms with van der Waals surface area (Å²) in [6, 6.07) is 14.9. The van der Waals surface area contributed by atoms with Gasteiger partial charge in [-0.25, -0.2) is 9.37 Å². The third-order valence-electron chi connectivity index (χ3n) is 5.46. The highest BCUT2D eigenvalue weighted by atomic mass is 19.1. The number of para-hydroxylation sites is 1. The van der Waals surface area contributed by atoms with Gasteiger partial charge in [0, 0.05) is 43.6 Å². The van der Waals surface area contributed by atoms with Crippen molar-refractivity contribution in [2.24, 2.45) is 0 Å². The van der Waals surface area contributed by atoms with Gasteiger partial charge in [-0.1, -0.05) is 24.3 Å². The zero-order chi connectivity index (χ0) is 20.4. The highest BCUT2D eigenvalue weighted by Gasteiger charge is 2.21. The Kier molecular flexibility index (Phi) is 5.34. The van der Waals surface area contributed by atoms with Crippen molar-refractivity contribution < 1.29 is 4.39 Å². The number of aryl methyl sites for hydroxylation is 2. The van der Waals surface area contributed by atoms with Crippen LogP contribution in [0.5, 0.6) is 0 Å². The van der Waals surface area contributed by atoms with E-state index in [0.29, 0.717) is 17.5 Å². The van der Waals surface area contributed by atoms with Gasteiger partial charge in [-0.15, -0.1) is 0 Å². The van der Waals surface area contributed by atoms with Crippen LogP contribution >= 0.6 is 0 Å². The summed E-state index contributed by atoms with van der Waals surface area (Å²) in [7, 11) is 0. The van der Waals surface area contributed by atoms with Gasteiger partial charge >= 0.3 is 0 Å². The van der Waals surface area contributed by atoms with Gasteiger partial charge < -0.3 is 15.1 Å². The van der Waals surface area contributed by atoms with Crippen molar-refractivity contribution in [1.82, 2.24) is 9.97 Å². The number of anilines is 4. The minimum Gasteiger partial charge on any atom is -0.368 e. The van der Waals surface area contributed by atoms with Crippen LogP contribution in [0.15, 0.2) is 48.5 Å². The Morgan fingerprint density at radius 3 is 2.34 bits per heavy atom. The van der Waals surface area contributed by atoms with E-state index in [2.05, 4.69) is 57.1 Å². The summed E-state index contributed by atoms with van der Waals surface area (Å²) < 4.78 is 14.0. The molecule has 0 aliphatic carbocycles. The molecule has 0 spiro atoms. The Balaban J connectivity index is 1.49. The van der Waals surface area contributed by atoms with Crippen molar-refractivity contribution in [3.8, 4) is 0 Å². The zero-order valence-corrected chi connectivity index (χ0v) is 17.1. The number of hydrogen-bond acceptors (Lipinski definition) is 5. The summed E-state index contributed by atoms with van der Waals surface area (Å²) in [6.45, 7) is 9.78. The molecule has 150 valence electrons. The molecule has 1 aromatic heterocycles. The summed E-state index contributed by atoms with van der Waals surface area (Å²) in [6.07, 6.45) is 0. The van der Waals surface area contributed by atoms with Gasteiger partial charge in [-0.2, -0.15) is 4.98 Å². The first-order valence-electron chi connectivity index (χ1n) is 9.94. The fourth-order valence-electron chi connectivity index (χ4n) is 3.68. The molecule has 0 amide bonds.